The summed E-state index contributed by atoms with van der Waals surface area (Å²) in [7, 11) is -4.86. The van der Waals surface area contributed by atoms with Crippen molar-refractivity contribution < 1.29 is 33.8 Å². The van der Waals surface area contributed by atoms with E-state index in [1.54, 1.807) is 0 Å². The summed E-state index contributed by atoms with van der Waals surface area (Å²) in [6.45, 7) is 2.62. The Labute approximate surface area is 140 Å². The van der Waals surface area contributed by atoms with E-state index in [-0.39, 0.29) is 11.2 Å². The van der Waals surface area contributed by atoms with Crippen LogP contribution in [0.2, 0.25) is 0 Å². The van der Waals surface area contributed by atoms with E-state index in [4.69, 9.17) is 14.5 Å². The number of phosphoric acid groups is 1. The molecule has 3 heterocycles. The minimum Gasteiger partial charge on any atom is -0.387 e. The molecule has 2 aromatic rings. The van der Waals surface area contributed by atoms with Crippen molar-refractivity contribution in [3.8, 4) is 0 Å². The summed E-state index contributed by atoms with van der Waals surface area (Å²) in [5.41, 5.74) is -1.97. The van der Waals surface area contributed by atoms with Crippen molar-refractivity contribution in [1.29, 1.82) is 0 Å². The molecular formula is C12H17N4O8P. The Bertz CT molecular complexity index is 889. The summed E-state index contributed by atoms with van der Waals surface area (Å²) in [5.74, 6) is 0. The lowest BCUT2D eigenvalue weighted by Gasteiger charge is -2.32. The maximum atomic E-state index is 11.7. The number of H-pyrrole nitrogens is 1. The van der Waals surface area contributed by atoms with Crippen LogP contribution >= 0.6 is 7.82 Å². The summed E-state index contributed by atoms with van der Waals surface area (Å²) >= 11 is 0. The van der Waals surface area contributed by atoms with Crippen LogP contribution in [0.5, 0.6) is 0 Å². The number of hydrogen-bond donors (Lipinski definition) is 5. The third kappa shape index (κ3) is 3.25. The first-order valence-electron chi connectivity index (χ1n) is 7.19. The van der Waals surface area contributed by atoms with E-state index in [2.05, 4.69) is 19.5 Å². The molecule has 12 nitrogen and oxygen atoms in total. The first kappa shape index (κ1) is 18.1. The van der Waals surface area contributed by atoms with Gasteiger partial charge in [0.1, 0.15) is 23.9 Å². The molecule has 2 aromatic heterocycles. The molecular weight excluding hydrogens is 359 g/mol. The summed E-state index contributed by atoms with van der Waals surface area (Å²) < 4.78 is 22.6. The fraction of sp³-hybridized carbons (Fsp3) is 0.583. The number of aromatic nitrogens is 4. The molecule has 4 atom stereocenters. The first-order chi connectivity index (χ1) is 11.5. The fourth-order valence-corrected chi connectivity index (χ4v) is 3.59. The zero-order valence-electron chi connectivity index (χ0n) is 13.2. The Morgan fingerprint density at radius 2 is 2.00 bits per heavy atom. The van der Waals surface area contributed by atoms with Crippen LogP contribution in [0.25, 0.3) is 11.2 Å². The summed E-state index contributed by atoms with van der Waals surface area (Å²) in [6, 6.07) is 0. The molecule has 0 bridgehead atoms. The highest BCUT2D eigenvalue weighted by Crippen LogP contribution is 2.46. The van der Waals surface area contributed by atoms with Crippen LogP contribution in [0.15, 0.2) is 17.4 Å². The van der Waals surface area contributed by atoms with Gasteiger partial charge in [-0.3, -0.25) is 13.9 Å². The predicted molar refractivity (Wildman–Crippen MR) is 81.3 cm³/mol. The van der Waals surface area contributed by atoms with Crippen LogP contribution in [0.1, 0.15) is 20.1 Å². The molecule has 5 N–H and O–H groups in total. The second-order valence-electron chi connectivity index (χ2n) is 6.17. The minimum absolute atomic E-state index is 0.0157. The second-order valence-corrected chi connectivity index (χ2v) is 7.33. The lowest BCUT2D eigenvalue weighted by atomic mass is 9.96. The molecule has 0 saturated carbocycles. The van der Waals surface area contributed by atoms with Gasteiger partial charge >= 0.3 is 7.82 Å². The molecule has 13 heteroatoms. The molecule has 0 radical (unpaired) electrons. The Morgan fingerprint density at radius 1 is 1.32 bits per heavy atom. The molecule has 0 spiro atoms. The second kappa shape index (κ2) is 5.95. The van der Waals surface area contributed by atoms with Gasteiger partial charge in [-0.2, -0.15) is 0 Å². The number of fused-ring (bicyclic) bond motifs is 1. The minimum atomic E-state index is -4.86. The van der Waals surface area contributed by atoms with Gasteiger partial charge in [0.15, 0.2) is 17.4 Å². The van der Waals surface area contributed by atoms with Gasteiger partial charge in [-0.1, -0.05) is 0 Å². The van der Waals surface area contributed by atoms with Crippen molar-refractivity contribution >= 4 is 19.0 Å². The SMILES string of the molecule is CC(C)(OP(=O)(O)O)[C@H]1O[C@@H](n2cnc3c(=O)[nH]cnc32)[C@H](O)[C@@H]1O. The predicted octanol–water partition coefficient (Wildman–Crippen LogP) is -1.37. The Morgan fingerprint density at radius 3 is 2.64 bits per heavy atom. The molecule has 1 aliphatic heterocycles. The molecule has 1 aliphatic rings. The van der Waals surface area contributed by atoms with Crippen LogP contribution in [0.3, 0.4) is 0 Å². The van der Waals surface area contributed by atoms with Gasteiger partial charge in [0.05, 0.1) is 12.7 Å². The van der Waals surface area contributed by atoms with Gasteiger partial charge in [0, 0.05) is 0 Å². The molecule has 0 amide bonds. The highest BCUT2D eigenvalue weighted by Gasteiger charge is 2.53. The maximum Gasteiger partial charge on any atom is 0.470 e. The monoisotopic (exact) mass is 376 g/mol. The normalized spacial score (nSPS) is 27.9. The molecule has 0 unspecified atom stereocenters. The van der Waals surface area contributed by atoms with Crippen LogP contribution in [-0.2, 0) is 13.8 Å². The molecule has 0 aliphatic carbocycles. The number of phosphoric ester groups is 1. The van der Waals surface area contributed by atoms with E-state index < -0.39 is 43.5 Å². The topological polar surface area (TPSA) is 180 Å². The Kier molecular flexibility index (Phi) is 4.32. The summed E-state index contributed by atoms with van der Waals surface area (Å²) in [5, 5.41) is 20.6. The highest BCUT2D eigenvalue weighted by molar-refractivity contribution is 7.46. The van der Waals surface area contributed by atoms with Gasteiger partial charge in [-0.05, 0) is 13.8 Å². The number of ether oxygens (including phenoxy) is 1. The van der Waals surface area contributed by atoms with Crippen molar-refractivity contribution in [2.45, 2.75) is 44.0 Å². The lowest BCUT2D eigenvalue weighted by molar-refractivity contribution is -0.118. The van der Waals surface area contributed by atoms with E-state index in [0.717, 1.165) is 6.33 Å². The zero-order chi connectivity index (χ0) is 18.6. The van der Waals surface area contributed by atoms with Crippen molar-refractivity contribution in [2.75, 3.05) is 0 Å². The quantitative estimate of drug-likeness (QED) is 0.399. The van der Waals surface area contributed by atoms with E-state index in [1.807, 2.05) is 0 Å². The first-order valence-corrected chi connectivity index (χ1v) is 8.72. The van der Waals surface area contributed by atoms with Gasteiger partial charge in [0.25, 0.3) is 5.56 Å². The number of nitrogens with zero attached hydrogens (tertiary/aromatic N) is 3. The largest absolute Gasteiger partial charge is 0.470 e. The number of aliphatic hydroxyl groups is 2. The third-order valence-corrected chi connectivity index (χ3v) is 4.63. The average molecular weight is 376 g/mol. The lowest BCUT2D eigenvalue weighted by Crippen LogP contribution is -2.46. The molecule has 0 aromatic carbocycles. The van der Waals surface area contributed by atoms with Gasteiger partial charge in [-0.25, -0.2) is 14.5 Å². The number of aromatic amines is 1. The van der Waals surface area contributed by atoms with Crippen molar-refractivity contribution in [3.63, 3.8) is 0 Å². The number of aliphatic hydroxyl groups excluding tert-OH is 2. The molecule has 1 saturated heterocycles. The molecule has 138 valence electrons. The van der Waals surface area contributed by atoms with Gasteiger partial charge < -0.3 is 29.7 Å². The standard InChI is InChI=1S/C12H17N4O8P/c1-12(2,24-25(20,21)22)8-6(17)7(18)11(23-8)16-4-15-5-9(16)13-3-14-10(5)19/h3-4,6-8,11,17-18H,1-2H3,(H,13,14,19)(H2,20,21,22)/t6-,7+,8-,11+/m0/s1. The van der Waals surface area contributed by atoms with Crippen molar-refractivity contribution in [2.24, 2.45) is 0 Å². The van der Waals surface area contributed by atoms with Gasteiger partial charge in [0.2, 0.25) is 0 Å². The number of hydrogen-bond acceptors (Lipinski definition) is 8. The maximum absolute atomic E-state index is 11.7. The van der Waals surface area contributed by atoms with Crippen LogP contribution in [0, 0.1) is 0 Å². The Hall–Kier alpha value is -1.66. The molecule has 1 fully saturated rings. The molecule has 3 rings (SSSR count). The number of rotatable bonds is 4. The van der Waals surface area contributed by atoms with Crippen LogP contribution in [-0.4, -0.2) is 63.4 Å². The van der Waals surface area contributed by atoms with Crippen LogP contribution in [0.4, 0.5) is 0 Å². The summed E-state index contributed by atoms with van der Waals surface area (Å²) in [4.78, 5) is 40.0. The van der Waals surface area contributed by atoms with Crippen molar-refractivity contribution in [3.05, 3.63) is 23.0 Å². The van der Waals surface area contributed by atoms with E-state index in [0.29, 0.717) is 0 Å². The van der Waals surface area contributed by atoms with Crippen molar-refractivity contribution in [1.82, 2.24) is 19.5 Å². The van der Waals surface area contributed by atoms with E-state index in [1.165, 1.54) is 24.7 Å². The van der Waals surface area contributed by atoms with E-state index >= 15 is 0 Å². The number of nitrogens with one attached hydrogen (secondary N) is 1. The fourth-order valence-electron chi connectivity index (χ4n) is 2.87. The molecule has 25 heavy (non-hydrogen) atoms. The smallest absolute Gasteiger partial charge is 0.387 e. The van der Waals surface area contributed by atoms with E-state index in [9.17, 15) is 19.6 Å². The zero-order valence-corrected chi connectivity index (χ0v) is 14.1. The van der Waals surface area contributed by atoms with Gasteiger partial charge in [-0.15, -0.1) is 0 Å². The summed E-state index contributed by atoms with van der Waals surface area (Å²) in [6.07, 6.45) is -3.06. The van der Waals surface area contributed by atoms with Crippen LogP contribution < -0.4 is 5.56 Å². The third-order valence-electron chi connectivity index (χ3n) is 3.92. The number of imidazole rings is 1. The Balaban J connectivity index is 1.96. The average Bonchev–Trinajstić information content (AvgIpc) is 3.01. The highest BCUT2D eigenvalue weighted by atomic mass is 31.2.